The number of methoxy groups -OCH3 is 1. The van der Waals surface area contributed by atoms with Gasteiger partial charge in [0.25, 0.3) is 0 Å². The van der Waals surface area contributed by atoms with Crippen molar-refractivity contribution >= 4 is 29.9 Å². The third-order valence-corrected chi connectivity index (χ3v) is 2.70. The van der Waals surface area contributed by atoms with Gasteiger partial charge in [-0.15, -0.1) is 24.0 Å². The van der Waals surface area contributed by atoms with Gasteiger partial charge in [-0.3, -0.25) is 9.98 Å². The number of aliphatic imine (C=N–C) groups is 1. The number of nitrogens with one attached hydrogen (secondary N) is 2. The van der Waals surface area contributed by atoms with Crippen molar-refractivity contribution in [1.29, 1.82) is 0 Å². The summed E-state index contributed by atoms with van der Waals surface area (Å²) in [4.78, 5) is 8.46. The van der Waals surface area contributed by atoms with Gasteiger partial charge in [0.1, 0.15) is 0 Å². The number of aromatic nitrogens is 1. The molecular weight excluding hydrogens is 367 g/mol. The zero-order valence-corrected chi connectivity index (χ0v) is 15.0. The van der Waals surface area contributed by atoms with Crippen molar-refractivity contribution in [2.45, 2.75) is 26.3 Å². The lowest BCUT2D eigenvalue weighted by molar-refractivity contribution is 0.179. The van der Waals surface area contributed by atoms with E-state index >= 15 is 0 Å². The first-order valence-electron chi connectivity index (χ1n) is 6.53. The molecule has 1 aromatic heterocycles. The molecule has 0 amide bonds. The molecule has 1 atom stereocenters. The molecule has 0 saturated heterocycles. The minimum Gasteiger partial charge on any atom is -0.383 e. The van der Waals surface area contributed by atoms with Crippen molar-refractivity contribution in [1.82, 2.24) is 15.6 Å². The SMILES string of the molecule is CN=C(NCCc1ccc(C)nc1)NC(C)COC.I. The molecule has 20 heavy (non-hydrogen) atoms. The average molecular weight is 392 g/mol. The molecule has 1 rings (SSSR count). The molecule has 0 aliphatic carbocycles. The highest BCUT2D eigenvalue weighted by Crippen LogP contribution is 1.99. The normalized spacial score (nSPS) is 12.5. The van der Waals surface area contributed by atoms with Crippen LogP contribution in [0.25, 0.3) is 0 Å². The first-order valence-corrected chi connectivity index (χ1v) is 6.53. The van der Waals surface area contributed by atoms with Crippen LogP contribution in [0.4, 0.5) is 0 Å². The molecule has 0 aromatic carbocycles. The molecule has 0 fully saturated rings. The minimum atomic E-state index is 0. The summed E-state index contributed by atoms with van der Waals surface area (Å²) in [6.07, 6.45) is 2.84. The quantitative estimate of drug-likeness (QED) is 0.440. The molecular formula is C14H25IN4O. The lowest BCUT2D eigenvalue weighted by atomic mass is 10.2. The van der Waals surface area contributed by atoms with Gasteiger partial charge < -0.3 is 15.4 Å². The first kappa shape index (κ1) is 19.1. The Morgan fingerprint density at radius 2 is 2.20 bits per heavy atom. The molecule has 0 saturated carbocycles. The molecule has 114 valence electrons. The van der Waals surface area contributed by atoms with Crippen LogP contribution >= 0.6 is 24.0 Å². The monoisotopic (exact) mass is 392 g/mol. The second-order valence-corrected chi connectivity index (χ2v) is 4.56. The van der Waals surface area contributed by atoms with E-state index in [9.17, 15) is 0 Å². The maximum absolute atomic E-state index is 5.08. The minimum absolute atomic E-state index is 0. The van der Waals surface area contributed by atoms with Crippen LogP contribution in [0.2, 0.25) is 0 Å². The Labute approximate surface area is 138 Å². The van der Waals surface area contributed by atoms with Gasteiger partial charge in [-0.1, -0.05) is 6.07 Å². The molecule has 0 aliphatic rings. The number of ether oxygens (including phenoxy) is 1. The zero-order valence-electron chi connectivity index (χ0n) is 12.6. The molecule has 1 aromatic rings. The molecule has 0 radical (unpaired) electrons. The molecule has 0 bridgehead atoms. The van der Waals surface area contributed by atoms with Crippen molar-refractivity contribution in [3.63, 3.8) is 0 Å². The number of pyridine rings is 1. The Morgan fingerprint density at radius 3 is 2.75 bits per heavy atom. The highest BCUT2D eigenvalue weighted by Gasteiger charge is 2.04. The van der Waals surface area contributed by atoms with Gasteiger partial charge in [-0.05, 0) is 31.9 Å². The summed E-state index contributed by atoms with van der Waals surface area (Å²) < 4.78 is 5.08. The maximum Gasteiger partial charge on any atom is 0.191 e. The lowest BCUT2D eigenvalue weighted by Gasteiger charge is -2.17. The van der Waals surface area contributed by atoms with Crippen molar-refractivity contribution in [3.8, 4) is 0 Å². The molecule has 0 aliphatic heterocycles. The second kappa shape index (κ2) is 10.8. The number of rotatable bonds is 6. The summed E-state index contributed by atoms with van der Waals surface area (Å²) in [5, 5.41) is 6.54. The van der Waals surface area contributed by atoms with E-state index in [-0.39, 0.29) is 30.0 Å². The Kier molecular flexibility index (Phi) is 10.4. The summed E-state index contributed by atoms with van der Waals surface area (Å²) in [6, 6.07) is 4.37. The van der Waals surface area contributed by atoms with Gasteiger partial charge in [0.15, 0.2) is 5.96 Å². The fourth-order valence-electron chi connectivity index (χ4n) is 1.69. The molecule has 0 spiro atoms. The van der Waals surface area contributed by atoms with E-state index in [4.69, 9.17) is 4.74 Å². The van der Waals surface area contributed by atoms with Crippen molar-refractivity contribution in [3.05, 3.63) is 29.6 Å². The van der Waals surface area contributed by atoms with Crippen molar-refractivity contribution < 1.29 is 4.74 Å². The van der Waals surface area contributed by atoms with Gasteiger partial charge in [-0.2, -0.15) is 0 Å². The van der Waals surface area contributed by atoms with E-state index in [1.165, 1.54) is 5.56 Å². The smallest absolute Gasteiger partial charge is 0.191 e. The summed E-state index contributed by atoms with van der Waals surface area (Å²) in [5.74, 6) is 0.796. The highest BCUT2D eigenvalue weighted by atomic mass is 127. The third kappa shape index (κ3) is 7.64. The number of hydrogen-bond donors (Lipinski definition) is 2. The Hall–Kier alpha value is -0.890. The lowest BCUT2D eigenvalue weighted by Crippen LogP contribution is -2.44. The van der Waals surface area contributed by atoms with E-state index in [1.807, 2.05) is 19.2 Å². The molecule has 1 heterocycles. The van der Waals surface area contributed by atoms with E-state index in [1.54, 1.807) is 14.2 Å². The van der Waals surface area contributed by atoms with Gasteiger partial charge in [0, 0.05) is 38.6 Å². The maximum atomic E-state index is 5.08. The van der Waals surface area contributed by atoms with E-state index in [0.29, 0.717) is 6.61 Å². The Morgan fingerprint density at radius 1 is 1.45 bits per heavy atom. The molecule has 2 N–H and O–H groups in total. The highest BCUT2D eigenvalue weighted by molar-refractivity contribution is 14.0. The van der Waals surface area contributed by atoms with Crippen LogP contribution in [0.1, 0.15) is 18.2 Å². The first-order chi connectivity index (χ1) is 9.15. The third-order valence-electron chi connectivity index (χ3n) is 2.70. The summed E-state index contributed by atoms with van der Waals surface area (Å²) in [6.45, 7) is 5.53. The van der Waals surface area contributed by atoms with E-state index < -0.39 is 0 Å². The van der Waals surface area contributed by atoms with Gasteiger partial charge in [0.2, 0.25) is 0 Å². The number of aryl methyl sites for hydroxylation is 1. The van der Waals surface area contributed by atoms with Crippen LogP contribution in [0.15, 0.2) is 23.3 Å². The fourth-order valence-corrected chi connectivity index (χ4v) is 1.69. The Bertz CT molecular complexity index is 395. The van der Waals surface area contributed by atoms with Crippen LogP contribution < -0.4 is 10.6 Å². The van der Waals surface area contributed by atoms with Gasteiger partial charge in [0.05, 0.1) is 6.61 Å². The summed E-state index contributed by atoms with van der Waals surface area (Å²) >= 11 is 0. The molecule has 6 heteroatoms. The second-order valence-electron chi connectivity index (χ2n) is 4.56. The van der Waals surface area contributed by atoms with Crippen molar-refractivity contribution in [2.75, 3.05) is 27.3 Å². The average Bonchev–Trinajstić information content (AvgIpc) is 2.40. The van der Waals surface area contributed by atoms with Gasteiger partial charge >= 0.3 is 0 Å². The number of guanidine groups is 1. The van der Waals surface area contributed by atoms with Crippen LogP contribution in [0.5, 0.6) is 0 Å². The van der Waals surface area contributed by atoms with Gasteiger partial charge in [-0.25, -0.2) is 0 Å². The van der Waals surface area contributed by atoms with Crippen molar-refractivity contribution in [2.24, 2.45) is 4.99 Å². The standard InChI is InChI=1S/C14H24N4O.HI/c1-11-5-6-13(9-17-11)7-8-16-14(15-3)18-12(2)10-19-4;/h5-6,9,12H,7-8,10H2,1-4H3,(H2,15,16,18);1H. The Balaban J connectivity index is 0.00000361. The molecule has 5 nitrogen and oxygen atoms in total. The zero-order chi connectivity index (χ0) is 14.1. The van der Waals surface area contributed by atoms with Crippen LogP contribution in [0.3, 0.4) is 0 Å². The van der Waals surface area contributed by atoms with Crippen LogP contribution in [-0.4, -0.2) is 44.3 Å². The molecule has 1 unspecified atom stereocenters. The van der Waals surface area contributed by atoms with E-state index in [0.717, 1.165) is 24.6 Å². The number of halogens is 1. The summed E-state index contributed by atoms with van der Waals surface area (Å²) in [5.41, 5.74) is 2.26. The predicted octanol–water partition coefficient (Wildman–Crippen LogP) is 1.75. The predicted molar refractivity (Wildman–Crippen MR) is 93.9 cm³/mol. The van der Waals surface area contributed by atoms with E-state index in [2.05, 4.69) is 33.6 Å². The summed E-state index contributed by atoms with van der Waals surface area (Å²) in [7, 11) is 3.46. The number of nitrogens with zero attached hydrogens (tertiary/aromatic N) is 2. The van der Waals surface area contributed by atoms with Crippen LogP contribution in [-0.2, 0) is 11.2 Å². The number of hydrogen-bond acceptors (Lipinski definition) is 3. The topological polar surface area (TPSA) is 58.5 Å². The fraction of sp³-hybridized carbons (Fsp3) is 0.571. The largest absolute Gasteiger partial charge is 0.383 e. The van der Waals surface area contributed by atoms with Crippen LogP contribution in [0, 0.1) is 6.92 Å².